The molecule has 0 spiro atoms. The molecule has 0 aromatic carbocycles. The lowest BCUT2D eigenvalue weighted by atomic mass is 10.4. The highest BCUT2D eigenvalue weighted by Gasteiger charge is 1.97. The Morgan fingerprint density at radius 3 is 1.21 bits per heavy atom. The first-order valence-electron chi connectivity index (χ1n) is 7.47. The minimum atomic E-state index is 0. The van der Waals surface area contributed by atoms with Gasteiger partial charge in [0.15, 0.2) is 37.9 Å². The van der Waals surface area contributed by atoms with Crippen molar-refractivity contribution in [3.63, 3.8) is 0 Å². The van der Waals surface area contributed by atoms with Crippen molar-refractivity contribution >= 4 is 11.4 Å². The van der Waals surface area contributed by atoms with Crippen LogP contribution in [0.2, 0.25) is 0 Å². The van der Waals surface area contributed by atoms with Crippen LogP contribution in [0.25, 0.3) is 0 Å². The van der Waals surface area contributed by atoms with Gasteiger partial charge in [-0.15, -0.1) is 0 Å². The molecule has 0 saturated heterocycles. The van der Waals surface area contributed by atoms with Gasteiger partial charge in [0, 0.05) is 49.7 Å². The molecule has 8 heteroatoms. The zero-order chi connectivity index (χ0) is 16.2. The molecule has 2 rings (SSSR count). The molecule has 0 radical (unpaired) electrons. The number of pyridine rings is 2. The third kappa shape index (κ3) is 9.82. The predicted octanol–water partition coefficient (Wildman–Crippen LogP) is -6.04. The van der Waals surface area contributed by atoms with Crippen LogP contribution < -0.4 is 65.2 Å². The van der Waals surface area contributed by atoms with Gasteiger partial charge in [-0.25, -0.2) is 9.13 Å². The lowest BCUT2D eigenvalue weighted by molar-refractivity contribution is -0.694. The third-order valence-electron chi connectivity index (χ3n) is 3.13. The number of anilines is 2. The summed E-state index contributed by atoms with van der Waals surface area (Å²) in [6.07, 6.45) is 8.05. The van der Waals surface area contributed by atoms with Gasteiger partial charge >= 0.3 is 0 Å². The van der Waals surface area contributed by atoms with E-state index in [4.69, 9.17) is 11.5 Å². The molecule has 0 aliphatic rings. The summed E-state index contributed by atoms with van der Waals surface area (Å²) in [5.41, 5.74) is 13.0. The number of hydrogen-bond donors (Lipinski definition) is 4. The van der Waals surface area contributed by atoms with Gasteiger partial charge < -0.3 is 56.1 Å². The standard InChI is InChI=1S/2C8H13N3.2BrH/c2*1-10-8-2-5-11(6-3-8)7-4-9;;/h2*2-3,5-6H,4,7,9H2,1H3;2*1H. The minimum absolute atomic E-state index is 0. The van der Waals surface area contributed by atoms with E-state index in [0.717, 1.165) is 24.5 Å². The van der Waals surface area contributed by atoms with Gasteiger partial charge in [-0.05, 0) is 0 Å². The Bertz CT molecular complexity index is 470. The van der Waals surface area contributed by atoms with Crippen molar-refractivity contribution in [2.45, 2.75) is 13.1 Å². The van der Waals surface area contributed by atoms with Crippen LogP contribution in [0.3, 0.4) is 0 Å². The van der Waals surface area contributed by atoms with E-state index in [-0.39, 0.29) is 34.0 Å². The molecule has 0 saturated carbocycles. The zero-order valence-electron chi connectivity index (χ0n) is 14.3. The third-order valence-corrected chi connectivity index (χ3v) is 3.13. The van der Waals surface area contributed by atoms with Crippen LogP contribution in [0.4, 0.5) is 11.4 Å². The Kier molecular flexibility index (Phi) is 16.0. The number of nitrogens with two attached hydrogens (primary N) is 2. The average Bonchev–Trinajstić information content (AvgIpc) is 2.57. The van der Waals surface area contributed by atoms with Crippen molar-refractivity contribution < 1.29 is 43.1 Å². The molecule has 6 N–H and O–H groups in total. The molecule has 0 bridgehead atoms. The van der Waals surface area contributed by atoms with Crippen LogP contribution in [0.1, 0.15) is 0 Å². The maximum atomic E-state index is 5.39. The first kappa shape index (κ1) is 25.0. The molecular formula is C16H28Br2N6. The van der Waals surface area contributed by atoms with Crippen LogP contribution >= 0.6 is 0 Å². The van der Waals surface area contributed by atoms with Gasteiger partial charge in [-0.3, -0.25) is 0 Å². The molecule has 2 aromatic rings. The van der Waals surface area contributed by atoms with Crippen molar-refractivity contribution in [1.29, 1.82) is 0 Å². The highest BCUT2D eigenvalue weighted by molar-refractivity contribution is 5.39. The fraction of sp³-hybridized carbons (Fsp3) is 0.375. The topological polar surface area (TPSA) is 83.9 Å². The largest absolute Gasteiger partial charge is 1.00 e. The highest BCUT2D eigenvalue weighted by atomic mass is 79.9. The summed E-state index contributed by atoms with van der Waals surface area (Å²) >= 11 is 0. The maximum Gasteiger partial charge on any atom is 0.170 e. The van der Waals surface area contributed by atoms with Crippen LogP contribution in [0.5, 0.6) is 0 Å². The Morgan fingerprint density at radius 1 is 0.708 bits per heavy atom. The van der Waals surface area contributed by atoms with E-state index in [1.165, 1.54) is 0 Å². The van der Waals surface area contributed by atoms with Crippen molar-refractivity contribution in [2.75, 3.05) is 37.8 Å². The van der Waals surface area contributed by atoms with Gasteiger partial charge in [0.2, 0.25) is 0 Å². The fourth-order valence-electron chi connectivity index (χ4n) is 1.84. The second kappa shape index (κ2) is 15.3. The summed E-state index contributed by atoms with van der Waals surface area (Å²) in [6, 6.07) is 8.09. The summed E-state index contributed by atoms with van der Waals surface area (Å²) in [5, 5.41) is 6.10. The molecule has 136 valence electrons. The van der Waals surface area contributed by atoms with Crippen molar-refractivity contribution in [1.82, 2.24) is 0 Å². The number of halogens is 2. The number of nitrogens with zero attached hydrogens (tertiary/aromatic N) is 2. The molecule has 2 heterocycles. The van der Waals surface area contributed by atoms with E-state index in [1.807, 2.05) is 63.1 Å². The summed E-state index contributed by atoms with van der Waals surface area (Å²) in [5.74, 6) is 0. The second-order valence-electron chi connectivity index (χ2n) is 4.73. The molecular weight excluding hydrogens is 436 g/mol. The summed E-state index contributed by atoms with van der Waals surface area (Å²) in [4.78, 5) is 0. The van der Waals surface area contributed by atoms with E-state index < -0.39 is 0 Å². The molecule has 0 amide bonds. The van der Waals surface area contributed by atoms with Crippen molar-refractivity contribution in [3.8, 4) is 0 Å². The van der Waals surface area contributed by atoms with Crippen molar-refractivity contribution in [2.24, 2.45) is 11.5 Å². The van der Waals surface area contributed by atoms with Gasteiger partial charge in [0.05, 0.1) is 13.1 Å². The molecule has 24 heavy (non-hydrogen) atoms. The fourth-order valence-corrected chi connectivity index (χ4v) is 1.84. The van der Waals surface area contributed by atoms with E-state index in [9.17, 15) is 0 Å². The Hall–Kier alpha value is -1.22. The van der Waals surface area contributed by atoms with Crippen LogP contribution in [-0.2, 0) is 13.1 Å². The number of hydrogen-bond acceptors (Lipinski definition) is 4. The van der Waals surface area contributed by atoms with Crippen LogP contribution in [0.15, 0.2) is 49.1 Å². The lowest BCUT2D eigenvalue weighted by Crippen LogP contribution is -3.00. The molecule has 0 atom stereocenters. The minimum Gasteiger partial charge on any atom is -1.00 e. The van der Waals surface area contributed by atoms with Gasteiger partial charge in [0.1, 0.15) is 0 Å². The number of nitrogens with one attached hydrogen (secondary N) is 2. The molecule has 2 aromatic heterocycles. The Balaban J connectivity index is 0. The smallest absolute Gasteiger partial charge is 0.170 e. The molecule has 0 fully saturated rings. The van der Waals surface area contributed by atoms with E-state index in [2.05, 4.69) is 19.8 Å². The van der Waals surface area contributed by atoms with Gasteiger partial charge in [-0.2, -0.15) is 0 Å². The van der Waals surface area contributed by atoms with E-state index in [1.54, 1.807) is 0 Å². The SMILES string of the molecule is CNc1cc[n+](CCN)cc1.CNc1cc[n+](CCN)cc1.[Br-].[Br-]. The Morgan fingerprint density at radius 2 is 1.00 bits per heavy atom. The number of aromatic nitrogens is 2. The first-order valence-corrected chi connectivity index (χ1v) is 7.47. The second-order valence-corrected chi connectivity index (χ2v) is 4.73. The monoisotopic (exact) mass is 462 g/mol. The van der Waals surface area contributed by atoms with Crippen LogP contribution in [-0.4, -0.2) is 27.2 Å². The van der Waals surface area contributed by atoms with Crippen molar-refractivity contribution in [3.05, 3.63) is 49.1 Å². The molecule has 0 aliphatic carbocycles. The summed E-state index contributed by atoms with van der Waals surface area (Å²) in [6.45, 7) is 3.13. The quantitative estimate of drug-likeness (QED) is 0.321. The average molecular weight is 464 g/mol. The predicted molar refractivity (Wildman–Crippen MR) is 90.5 cm³/mol. The Labute approximate surface area is 165 Å². The molecule has 6 nitrogen and oxygen atoms in total. The van der Waals surface area contributed by atoms with Gasteiger partial charge in [-0.1, -0.05) is 0 Å². The highest BCUT2D eigenvalue weighted by Crippen LogP contribution is 1.99. The van der Waals surface area contributed by atoms with E-state index in [0.29, 0.717) is 13.1 Å². The van der Waals surface area contributed by atoms with Crippen LogP contribution in [0, 0.1) is 0 Å². The molecule has 0 unspecified atom stereocenters. The van der Waals surface area contributed by atoms with Gasteiger partial charge in [0.25, 0.3) is 0 Å². The maximum absolute atomic E-state index is 5.39. The zero-order valence-corrected chi connectivity index (χ0v) is 17.4. The lowest BCUT2D eigenvalue weighted by Gasteiger charge is -1.97. The molecule has 0 aliphatic heterocycles. The summed E-state index contributed by atoms with van der Waals surface area (Å²) in [7, 11) is 3.81. The van der Waals surface area contributed by atoms with E-state index >= 15 is 0 Å². The number of rotatable bonds is 6. The first-order chi connectivity index (χ1) is 10.7. The summed E-state index contributed by atoms with van der Waals surface area (Å²) < 4.78 is 4.11. The normalized spacial score (nSPS) is 8.83.